The van der Waals surface area contributed by atoms with Crippen molar-refractivity contribution in [2.24, 2.45) is 0 Å². The molecule has 2 rings (SSSR count). The van der Waals surface area contributed by atoms with Crippen molar-refractivity contribution in [2.75, 3.05) is 18.5 Å². The van der Waals surface area contributed by atoms with E-state index in [1.807, 2.05) is 6.07 Å². The molecular weight excluding hydrogens is 311 g/mol. The minimum atomic E-state index is -4.37. The number of halogens is 3. The van der Waals surface area contributed by atoms with Crippen molar-refractivity contribution < 1.29 is 27.4 Å². The van der Waals surface area contributed by atoms with Crippen molar-refractivity contribution in [1.29, 1.82) is 0 Å². The summed E-state index contributed by atoms with van der Waals surface area (Å²) in [6, 6.07) is 7.00. The maximum Gasteiger partial charge on any atom is 0.411 e. The Bertz CT molecular complexity index is 514. The van der Waals surface area contributed by atoms with Crippen molar-refractivity contribution in [3.8, 4) is 5.75 Å². The lowest BCUT2D eigenvalue weighted by molar-refractivity contribution is -0.174. The summed E-state index contributed by atoms with van der Waals surface area (Å²) in [5.41, 5.74) is 0.557. The number of carbonyl (C=O) groups excluding carboxylic acids is 1. The molecule has 0 unspecified atom stereocenters. The summed E-state index contributed by atoms with van der Waals surface area (Å²) in [4.78, 5) is 11.7. The first kappa shape index (κ1) is 17.6. The molecule has 4 nitrogen and oxygen atoms in total. The third kappa shape index (κ3) is 6.90. The summed E-state index contributed by atoms with van der Waals surface area (Å²) in [6.45, 7) is -1.62. The van der Waals surface area contributed by atoms with E-state index in [4.69, 9.17) is 4.74 Å². The molecule has 1 aromatic carbocycles. The summed E-state index contributed by atoms with van der Waals surface area (Å²) in [6.07, 6.45) is 0.113. The molecule has 0 radical (unpaired) electrons. The molecule has 0 aliphatic heterocycles. The number of rotatable bonds is 7. The number of carbonyl (C=O) groups is 1. The average Bonchev–Trinajstić information content (AvgIpc) is 2.96. The van der Waals surface area contributed by atoms with Gasteiger partial charge >= 0.3 is 6.18 Å². The van der Waals surface area contributed by atoms with Gasteiger partial charge in [-0.05, 0) is 37.8 Å². The van der Waals surface area contributed by atoms with Crippen LogP contribution in [0.15, 0.2) is 24.3 Å². The van der Waals surface area contributed by atoms with E-state index in [0.29, 0.717) is 11.4 Å². The Morgan fingerprint density at radius 1 is 1.26 bits per heavy atom. The van der Waals surface area contributed by atoms with Gasteiger partial charge in [-0.25, -0.2) is 0 Å². The smallest absolute Gasteiger partial charge is 0.411 e. The van der Waals surface area contributed by atoms with Gasteiger partial charge in [-0.3, -0.25) is 4.79 Å². The van der Waals surface area contributed by atoms with Crippen molar-refractivity contribution >= 4 is 11.6 Å². The van der Waals surface area contributed by atoms with E-state index in [9.17, 15) is 18.0 Å². The van der Waals surface area contributed by atoms with Crippen molar-refractivity contribution in [3.63, 3.8) is 0 Å². The second kappa shape index (κ2) is 8.19. The Morgan fingerprint density at radius 2 is 2.00 bits per heavy atom. The number of ether oxygens (including phenoxy) is 2. The predicted molar refractivity (Wildman–Crippen MR) is 79.4 cm³/mol. The normalized spacial score (nSPS) is 15.6. The van der Waals surface area contributed by atoms with E-state index in [1.54, 1.807) is 18.2 Å². The summed E-state index contributed by atoms with van der Waals surface area (Å²) in [5, 5.41) is 2.62. The second-order valence-electron chi connectivity index (χ2n) is 5.52. The van der Waals surface area contributed by atoms with E-state index in [2.05, 4.69) is 10.1 Å². The lowest BCUT2D eigenvalue weighted by atomic mass is 10.2. The largest absolute Gasteiger partial charge is 0.490 e. The molecule has 1 fully saturated rings. The summed E-state index contributed by atoms with van der Waals surface area (Å²) in [5.74, 6) is 0.285. The highest BCUT2D eigenvalue weighted by Crippen LogP contribution is 2.25. The first-order valence-corrected chi connectivity index (χ1v) is 7.63. The van der Waals surface area contributed by atoms with Crippen LogP contribution in [0.2, 0.25) is 0 Å². The summed E-state index contributed by atoms with van der Waals surface area (Å²) < 4.78 is 45.9. The Kier molecular flexibility index (Phi) is 6.27. The minimum absolute atomic E-state index is 0.135. The fourth-order valence-electron chi connectivity index (χ4n) is 2.42. The molecular formula is C16H20F3NO3. The highest BCUT2D eigenvalue weighted by molar-refractivity contribution is 5.90. The van der Waals surface area contributed by atoms with E-state index in [-0.39, 0.29) is 19.1 Å². The quantitative estimate of drug-likeness (QED) is 0.771. The molecule has 0 atom stereocenters. The zero-order valence-electron chi connectivity index (χ0n) is 12.7. The van der Waals surface area contributed by atoms with Gasteiger partial charge in [-0.1, -0.05) is 6.07 Å². The van der Waals surface area contributed by atoms with Crippen molar-refractivity contribution in [2.45, 2.75) is 44.4 Å². The molecule has 23 heavy (non-hydrogen) atoms. The molecule has 0 saturated heterocycles. The topological polar surface area (TPSA) is 47.6 Å². The molecule has 0 spiro atoms. The first-order valence-electron chi connectivity index (χ1n) is 7.63. The van der Waals surface area contributed by atoms with Crippen LogP contribution >= 0.6 is 0 Å². The number of amides is 1. The molecule has 0 heterocycles. The van der Waals surface area contributed by atoms with Crippen LogP contribution in [0.1, 0.15) is 32.1 Å². The standard InChI is InChI=1S/C16H20F3NO3/c17-16(18,19)11-22-9-8-15(21)20-12-4-3-7-14(10-12)23-13-5-1-2-6-13/h3-4,7,10,13H,1-2,5-6,8-9,11H2,(H,20,21). The van der Waals surface area contributed by atoms with Gasteiger partial charge in [0, 0.05) is 11.8 Å². The molecule has 1 saturated carbocycles. The zero-order valence-corrected chi connectivity index (χ0v) is 12.7. The highest BCUT2D eigenvalue weighted by Gasteiger charge is 2.27. The third-order valence-electron chi connectivity index (χ3n) is 3.46. The Hall–Kier alpha value is -1.76. The minimum Gasteiger partial charge on any atom is -0.490 e. The van der Waals surface area contributed by atoms with Gasteiger partial charge in [0.2, 0.25) is 5.91 Å². The van der Waals surface area contributed by atoms with Gasteiger partial charge in [-0.15, -0.1) is 0 Å². The molecule has 7 heteroatoms. The number of anilines is 1. The van der Waals surface area contributed by atoms with Gasteiger partial charge in [0.05, 0.1) is 19.1 Å². The molecule has 1 aliphatic rings. The molecule has 1 aliphatic carbocycles. The van der Waals surface area contributed by atoms with Gasteiger partial charge < -0.3 is 14.8 Å². The van der Waals surface area contributed by atoms with E-state index in [0.717, 1.165) is 12.8 Å². The summed E-state index contributed by atoms with van der Waals surface area (Å²) >= 11 is 0. The fourth-order valence-corrected chi connectivity index (χ4v) is 2.42. The molecule has 1 amide bonds. The lowest BCUT2D eigenvalue weighted by Crippen LogP contribution is -2.20. The van der Waals surface area contributed by atoms with Crippen LogP contribution in [0.5, 0.6) is 5.75 Å². The van der Waals surface area contributed by atoms with Gasteiger partial charge in [0.15, 0.2) is 0 Å². The number of benzene rings is 1. The monoisotopic (exact) mass is 331 g/mol. The molecule has 0 bridgehead atoms. The number of alkyl halides is 3. The SMILES string of the molecule is O=C(CCOCC(F)(F)F)Nc1cccc(OC2CCCC2)c1. The van der Waals surface area contributed by atoms with Gasteiger partial charge in [-0.2, -0.15) is 13.2 Å². The Balaban J connectivity index is 1.74. The number of nitrogens with one attached hydrogen (secondary N) is 1. The zero-order chi connectivity index (χ0) is 16.7. The van der Waals surface area contributed by atoms with Crippen LogP contribution in [0, 0.1) is 0 Å². The van der Waals surface area contributed by atoms with Crippen LogP contribution in [0.4, 0.5) is 18.9 Å². The average molecular weight is 331 g/mol. The van der Waals surface area contributed by atoms with E-state index in [1.165, 1.54) is 12.8 Å². The Morgan fingerprint density at radius 3 is 2.70 bits per heavy atom. The maximum absolute atomic E-state index is 11.9. The van der Waals surface area contributed by atoms with E-state index < -0.39 is 18.7 Å². The number of hydrogen-bond acceptors (Lipinski definition) is 3. The first-order chi connectivity index (χ1) is 10.9. The van der Waals surface area contributed by atoms with Crippen molar-refractivity contribution in [3.05, 3.63) is 24.3 Å². The summed E-state index contributed by atoms with van der Waals surface area (Å²) in [7, 11) is 0. The van der Waals surface area contributed by atoms with Gasteiger partial charge in [0.1, 0.15) is 12.4 Å². The van der Waals surface area contributed by atoms with Crippen LogP contribution < -0.4 is 10.1 Å². The third-order valence-corrected chi connectivity index (χ3v) is 3.46. The molecule has 1 N–H and O–H groups in total. The second-order valence-corrected chi connectivity index (χ2v) is 5.52. The maximum atomic E-state index is 11.9. The van der Waals surface area contributed by atoms with Crippen molar-refractivity contribution in [1.82, 2.24) is 0 Å². The fraction of sp³-hybridized carbons (Fsp3) is 0.562. The number of hydrogen-bond donors (Lipinski definition) is 1. The predicted octanol–water partition coefficient (Wildman–Crippen LogP) is 3.92. The van der Waals surface area contributed by atoms with Crippen LogP contribution in [0.25, 0.3) is 0 Å². The van der Waals surface area contributed by atoms with Crippen LogP contribution in [0.3, 0.4) is 0 Å². The lowest BCUT2D eigenvalue weighted by Gasteiger charge is -2.14. The molecule has 128 valence electrons. The highest BCUT2D eigenvalue weighted by atomic mass is 19.4. The van der Waals surface area contributed by atoms with Crippen LogP contribution in [-0.2, 0) is 9.53 Å². The van der Waals surface area contributed by atoms with Gasteiger partial charge in [0.25, 0.3) is 0 Å². The molecule has 1 aromatic rings. The Labute approximate surface area is 133 Å². The van der Waals surface area contributed by atoms with E-state index >= 15 is 0 Å². The van der Waals surface area contributed by atoms with Crippen LogP contribution in [-0.4, -0.2) is 31.4 Å². The molecule has 0 aromatic heterocycles.